The van der Waals surface area contributed by atoms with Gasteiger partial charge in [-0.15, -0.1) is 0 Å². The molecule has 2 unspecified atom stereocenters. The Hall–Kier alpha value is -2.18. The number of aryl methyl sites for hydroxylation is 1. The number of piperidine rings is 1. The molecule has 6 heteroatoms. The quantitative estimate of drug-likeness (QED) is 0.733. The van der Waals surface area contributed by atoms with E-state index in [2.05, 4.69) is 45.7 Å². The molecule has 3 heterocycles. The van der Waals surface area contributed by atoms with Gasteiger partial charge in [-0.25, -0.2) is 0 Å². The van der Waals surface area contributed by atoms with E-state index in [0.717, 1.165) is 30.0 Å². The van der Waals surface area contributed by atoms with Crippen molar-refractivity contribution in [2.75, 3.05) is 13.6 Å². The van der Waals surface area contributed by atoms with Crippen LogP contribution < -0.4 is 5.73 Å². The van der Waals surface area contributed by atoms with Crippen LogP contribution in [0.3, 0.4) is 0 Å². The molecule has 0 radical (unpaired) electrons. The Morgan fingerprint density at radius 1 is 1.44 bits per heavy atom. The molecule has 0 saturated carbocycles. The molecule has 1 saturated heterocycles. The van der Waals surface area contributed by atoms with Gasteiger partial charge in [0.1, 0.15) is 0 Å². The summed E-state index contributed by atoms with van der Waals surface area (Å²) < 4.78 is 4.39. The summed E-state index contributed by atoms with van der Waals surface area (Å²) in [4.78, 5) is 19.3. The molecule has 5 nitrogen and oxygen atoms in total. The van der Waals surface area contributed by atoms with Crippen LogP contribution in [0.5, 0.6) is 0 Å². The third-order valence-electron chi connectivity index (χ3n) is 6.49. The number of primary amides is 1. The fourth-order valence-corrected chi connectivity index (χ4v) is 6.31. The lowest BCUT2D eigenvalue weighted by molar-refractivity contribution is -0.121. The van der Waals surface area contributed by atoms with E-state index >= 15 is 0 Å². The zero-order valence-corrected chi connectivity index (χ0v) is 16.4. The molecule has 1 aromatic carbocycles. The fraction of sp³-hybridized carbons (Fsp3) is 0.429. The number of benzene rings is 1. The van der Waals surface area contributed by atoms with E-state index in [-0.39, 0.29) is 17.7 Å². The number of likely N-dealkylation sites (N-methyl/N-ethyl adjacent to an activating group) is 1. The maximum Gasteiger partial charge on any atom is 0.226 e. The van der Waals surface area contributed by atoms with E-state index in [1.165, 1.54) is 33.6 Å². The van der Waals surface area contributed by atoms with Crippen molar-refractivity contribution in [1.82, 2.24) is 14.3 Å². The third kappa shape index (κ3) is 2.62. The molecule has 1 amide bonds. The predicted molar refractivity (Wildman–Crippen MR) is 108 cm³/mol. The van der Waals surface area contributed by atoms with Gasteiger partial charge in [0.2, 0.25) is 5.91 Å². The van der Waals surface area contributed by atoms with E-state index in [4.69, 9.17) is 5.73 Å². The summed E-state index contributed by atoms with van der Waals surface area (Å²) >= 11 is 1.42. The average Bonchev–Trinajstić information content (AvgIpc) is 3.24. The summed E-state index contributed by atoms with van der Waals surface area (Å²) in [5.41, 5.74) is 10.9. The highest BCUT2D eigenvalue weighted by Crippen LogP contribution is 2.47. The number of carbonyl (C=O) groups excluding carboxylic acids is 1. The number of fused-ring (bicyclic) bond motifs is 2. The molecule has 3 N–H and O–H groups in total. The van der Waals surface area contributed by atoms with Crippen LogP contribution in [0.1, 0.15) is 40.0 Å². The maximum atomic E-state index is 12.4. The van der Waals surface area contributed by atoms with Crippen LogP contribution in [0.15, 0.2) is 30.5 Å². The Morgan fingerprint density at radius 3 is 3.04 bits per heavy atom. The Morgan fingerprint density at radius 2 is 2.30 bits per heavy atom. The molecule has 1 aliphatic heterocycles. The van der Waals surface area contributed by atoms with Crippen LogP contribution in [0.25, 0.3) is 10.9 Å². The number of hydrogen-bond donors (Lipinski definition) is 2. The molecule has 1 fully saturated rings. The zero-order chi connectivity index (χ0) is 18.7. The number of aromatic nitrogens is 2. The van der Waals surface area contributed by atoms with Gasteiger partial charge in [0.05, 0.1) is 11.6 Å². The number of nitrogens with one attached hydrogen (secondary N) is 1. The van der Waals surface area contributed by atoms with Gasteiger partial charge >= 0.3 is 0 Å². The molecular weight excluding hydrogens is 356 g/mol. The first kappa shape index (κ1) is 17.0. The highest BCUT2D eigenvalue weighted by molar-refractivity contribution is 7.06. The van der Waals surface area contributed by atoms with Crippen molar-refractivity contribution < 1.29 is 4.79 Å². The molecule has 1 aliphatic carbocycles. The minimum absolute atomic E-state index is 0.212. The van der Waals surface area contributed by atoms with Crippen molar-refractivity contribution in [2.45, 2.75) is 37.6 Å². The Labute approximate surface area is 162 Å². The predicted octanol–water partition coefficient (Wildman–Crippen LogP) is 3.16. The first-order valence-electron chi connectivity index (χ1n) is 9.54. The van der Waals surface area contributed by atoms with Crippen LogP contribution in [0.4, 0.5) is 0 Å². The molecule has 0 bridgehead atoms. The van der Waals surface area contributed by atoms with Crippen LogP contribution in [0, 0.1) is 12.8 Å². The van der Waals surface area contributed by atoms with Crippen LogP contribution in [0.2, 0.25) is 0 Å². The van der Waals surface area contributed by atoms with E-state index in [1.807, 2.05) is 13.0 Å². The average molecular weight is 381 g/mol. The van der Waals surface area contributed by atoms with E-state index in [9.17, 15) is 4.79 Å². The van der Waals surface area contributed by atoms with Gasteiger partial charge in [-0.3, -0.25) is 4.79 Å². The van der Waals surface area contributed by atoms with Crippen LogP contribution >= 0.6 is 11.5 Å². The number of rotatable bonds is 3. The normalized spacial score (nSPS) is 26.1. The van der Waals surface area contributed by atoms with Gasteiger partial charge in [-0.2, -0.15) is 4.37 Å². The number of hydrogen-bond acceptors (Lipinski definition) is 4. The number of nitrogens with two attached hydrogens (primary N) is 1. The van der Waals surface area contributed by atoms with E-state index in [1.54, 1.807) is 0 Å². The van der Waals surface area contributed by atoms with Crippen molar-refractivity contribution in [3.8, 4) is 0 Å². The number of likely N-dealkylation sites (tertiary alicyclic amines) is 1. The largest absolute Gasteiger partial charge is 0.369 e. The third-order valence-corrected chi connectivity index (χ3v) is 7.45. The summed E-state index contributed by atoms with van der Waals surface area (Å²) in [5, 5.41) is 1.39. The maximum absolute atomic E-state index is 12.4. The van der Waals surface area contributed by atoms with Crippen molar-refractivity contribution >= 4 is 28.3 Å². The van der Waals surface area contributed by atoms with Gasteiger partial charge in [-0.05, 0) is 67.5 Å². The Balaban J connectivity index is 1.55. The van der Waals surface area contributed by atoms with Crippen molar-refractivity contribution in [2.24, 2.45) is 11.7 Å². The number of amides is 1. The van der Waals surface area contributed by atoms with Gasteiger partial charge in [0.25, 0.3) is 0 Å². The molecule has 27 heavy (non-hydrogen) atoms. The molecule has 2 aliphatic rings. The SMILES string of the molecule is Cc1cc(C(C(N)=O)C2C[C@@H]3c4cccc5[nH]cc(c45)C[C@H]3N(C)C2)sn1. The number of H-pyrrole nitrogens is 1. The summed E-state index contributed by atoms with van der Waals surface area (Å²) in [7, 11) is 2.19. The zero-order valence-electron chi connectivity index (χ0n) is 15.6. The first-order chi connectivity index (χ1) is 13.0. The standard InChI is InChI=1S/C21H24N4OS/c1-11-6-18(27-24-11)20(21(22)26)13-7-15-14-4-3-5-16-19(14)12(9-23-16)8-17(15)25(2)10-13/h3-6,9,13,15,17,20,23H,7-8,10H2,1-2H3,(H2,22,26)/t13?,15-,17-,20?/m1/s1. The highest BCUT2D eigenvalue weighted by atomic mass is 32.1. The van der Waals surface area contributed by atoms with Crippen LogP contribution in [-0.4, -0.2) is 39.8 Å². The number of nitrogens with zero attached hydrogens (tertiary/aromatic N) is 2. The van der Waals surface area contributed by atoms with Gasteiger partial charge in [0.15, 0.2) is 0 Å². The van der Waals surface area contributed by atoms with Gasteiger partial charge < -0.3 is 15.6 Å². The number of aromatic amines is 1. The van der Waals surface area contributed by atoms with E-state index < -0.39 is 0 Å². The van der Waals surface area contributed by atoms with Crippen molar-refractivity contribution in [1.29, 1.82) is 0 Å². The Kier molecular flexibility index (Phi) is 3.88. The summed E-state index contributed by atoms with van der Waals surface area (Å²) in [5.74, 6) is 0.152. The lowest BCUT2D eigenvalue weighted by Gasteiger charge is -2.46. The number of carbonyl (C=O) groups is 1. The molecule has 2 aromatic heterocycles. The second-order valence-corrected chi connectivity index (χ2v) is 8.98. The summed E-state index contributed by atoms with van der Waals surface area (Å²) in [6.45, 7) is 2.86. The van der Waals surface area contributed by atoms with Crippen molar-refractivity contribution in [3.05, 3.63) is 52.2 Å². The topological polar surface area (TPSA) is 75.0 Å². The second-order valence-electron chi connectivity index (χ2n) is 8.15. The molecule has 5 rings (SSSR count). The lowest BCUT2D eigenvalue weighted by Crippen LogP contribution is -2.50. The van der Waals surface area contributed by atoms with Crippen LogP contribution in [-0.2, 0) is 11.2 Å². The minimum Gasteiger partial charge on any atom is -0.369 e. The van der Waals surface area contributed by atoms with Gasteiger partial charge in [0, 0.05) is 40.5 Å². The van der Waals surface area contributed by atoms with Crippen molar-refractivity contribution in [3.63, 3.8) is 0 Å². The molecule has 140 valence electrons. The molecule has 3 aromatic rings. The first-order valence-corrected chi connectivity index (χ1v) is 10.3. The lowest BCUT2D eigenvalue weighted by atomic mass is 9.69. The second kappa shape index (κ2) is 6.17. The molecule has 4 atom stereocenters. The molecular formula is C21H24N4OS. The highest BCUT2D eigenvalue weighted by Gasteiger charge is 2.43. The Bertz CT molecular complexity index is 1020. The fourth-order valence-electron chi connectivity index (χ4n) is 5.36. The van der Waals surface area contributed by atoms with E-state index in [0.29, 0.717) is 12.0 Å². The minimum atomic E-state index is -0.258. The smallest absolute Gasteiger partial charge is 0.226 e. The summed E-state index contributed by atoms with van der Waals surface area (Å²) in [6, 6.07) is 9.06. The molecule has 0 spiro atoms. The monoisotopic (exact) mass is 380 g/mol. The summed E-state index contributed by atoms with van der Waals surface area (Å²) in [6.07, 6.45) is 4.21. The van der Waals surface area contributed by atoms with Gasteiger partial charge in [-0.1, -0.05) is 12.1 Å².